The van der Waals surface area contributed by atoms with E-state index in [4.69, 9.17) is 27.5 Å². The first-order chi connectivity index (χ1) is 27.3. The first kappa shape index (κ1) is 53.2. The van der Waals surface area contributed by atoms with E-state index in [0.29, 0.717) is 18.8 Å². The van der Waals surface area contributed by atoms with Gasteiger partial charge >= 0.3 is 5.97 Å². The van der Waals surface area contributed by atoms with Crippen molar-refractivity contribution in [2.24, 2.45) is 11.8 Å². The largest absolute Gasteiger partial charge is 0.457 e. The molecule has 2 aliphatic heterocycles. The Morgan fingerprint density at radius 3 is 1.98 bits per heavy atom. The molecule has 2 aliphatic rings. The number of aliphatic hydroxyl groups is 1. The summed E-state index contributed by atoms with van der Waals surface area (Å²) in [6, 6.07) is 9.61. The van der Waals surface area contributed by atoms with Crippen LogP contribution >= 0.6 is 0 Å². The summed E-state index contributed by atoms with van der Waals surface area (Å²) in [6.07, 6.45) is 12.1. The lowest BCUT2D eigenvalue weighted by molar-refractivity contribution is -0.151. The van der Waals surface area contributed by atoms with E-state index in [1.807, 2.05) is 32.9 Å². The van der Waals surface area contributed by atoms with Crippen LogP contribution in [0.15, 0.2) is 36.0 Å². The standard InChI is InChI=1S/C47H90O8Si3/c1-17-40(54-57(21-5,22-6)23-7)38(13)45-41(51-45)35-46(14,55-58(24-8,25-9)26-10)32-27-28-36(11)44-37(12)29-30-42(48)47(15,50-16)33-31-39(34-43(49)52-44)53-56(18-2,19-3)20-4/h27-30,32,37-42,44-45,48H,17-26,31,33-35H2,1-16H3/b30-29+,32-27+,36-28+. The molecular weight excluding hydrogens is 777 g/mol. The van der Waals surface area contributed by atoms with Gasteiger partial charge in [0, 0.05) is 31.5 Å². The lowest BCUT2D eigenvalue weighted by Gasteiger charge is -2.39. The summed E-state index contributed by atoms with van der Waals surface area (Å²) in [6.45, 7) is 33.2. The highest BCUT2D eigenvalue weighted by Gasteiger charge is 2.51. The Hall–Kier alpha value is -0.899. The number of hydrogen-bond acceptors (Lipinski definition) is 8. The van der Waals surface area contributed by atoms with E-state index >= 15 is 0 Å². The topological polar surface area (TPSA) is 96.0 Å². The molecule has 11 heteroatoms. The summed E-state index contributed by atoms with van der Waals surface area (Å²) in [4.78, 5) is 13.8. The monoisotopic (exact) mass is 867 g/mol. The van der Waals surface area contributed by atoms with Gasteiger partial charge < -0.3 is 32.6 Å². The normalized spacial score (nSPS) is 29.6. The predicted octanol–water partition coefficient (Wildman–Crippen LogP) is 12.3. The number of aliphatic hydroxyl groups excluding tert-OH is 1. The molecule has 0 aromatic heterocycles. The summed E-state index contributed by atoms with van der Waals surface area (Å²) in [7, 11) is -4.12. The van der Waals surface area contributed by atoms with Crippen molar-refractivity contribution >= 4 is 30.9 Å². The Morgan fingerprint density at radius 1 is 0.931 bits per heavy atom. The third kappa shape index (κ3) is 14.3. The van der Waals surface area contributed by atoms with Gasteiger partial charge in [-0.3, -0.25) is 4.79 Å². The quantitative estimate of drug-likeness (QED) is 0.0337. The van der Waals surface area contributed by atoms with Crippen molar-refractivity contribution in [2.75, 3.05) is 7.11 Å². The number of hydrogen-bond donors (Lipinski definition) is 1. The van der Waals surface area contributed by atoms with Crippen molar-refractivity contribution in [3.8, 4) is 0 Å². The molecule has 0 bridgehead atoms. The van der Waals surface area contributed by atoms with Crippen molar-refractivity contribution in [1.29, 1.82) is 0 Å². The van der Waals surface area contributed by atoms with Crippen LogP contribution in [0.1, 0.15) is 136 Å². The SMILES string of the molecule is CCC(O[Si](CC)(CC)CC)C(C)C1OC1CC(C)(/C=C/C=C(\C)C1OC(=O)CC(O[Si](CC)(CC)CC)CCC(C)(OC)C(O)/C=C/C1C)O[Si](CC)(CC)CC. The van der Waals surface area contributed by atoms with Crippen LogP contribution in [0.5, 0.6) is 0 Å². The number of ether oxygens (including phenoxy) is 3. The molecule has 0 spiro atoms. The Balaban J connectivity index is 2.47. The molecule has 0 aliphatic carbocycles. The van der Waals surface area contributed by atoms with Gasteiger partial charge in [-0.2, -0.15) is 0 Å². The van der Waals surface area contributed by atoms with Crippen LogP contribution in [-0.2, 0) is 32.3 Å². The van der Waals surface area contributed by atoms with Crippen LogP contribution < -0.4 is 0 Å². The van der Waals surface area contributed by atoms with Gasteiger partial charge in [-0.25, -0.2) is 0 Å². The molecular formula is C47H90O8Si3. The van der Waals surface area contributed by atoms with Crippen molar-refractivity contribution in [3.05, 3.63) is 36.0 Å². The molecule has 10 unspecified atom stereocenters. The predicted molar refractivity (Wildman–Crippen MR) is 250 cm³/mol. The lowest BCUT2D eigenvalue weighted by atomic mass is 9.88. The third-order valence-corrected chi connectivity index (χ3v) is 29.0. The molecule has 0 saturated carbocycles. The minimum Gasteiger partial charge on any atom is -0.457 e. The van der Waals surface area contributed by atoms with E-state index in [1.54, 1.807) is 7.11 Å². The average Bonchev–Trinajstić information content (AvgIpc) is 4.00. The molecule has 1 saturated heterocycles. The first-order valence-corrected chi connectivity index (χ1v) is 31.1. The highest BCUT2D eigenvalue weighted by atomic mass is 28.4. The Kier molecular flexibility index (Phi) is 22.1. The van der Waals surface area contributed by atoms with Crippen LogP contribution in [-0.4, -0.2) is 91.0 Å². The van der Waals surface area contributed by atoms with E-state index in [1.165, 1.54) is 0 Å². The Morgan fingerprint density at radius 2 is 1.48 bits per heavy atom. The summed E-state index contributed by atoms with van der Waals surface area (Å²) >= 11 is 0. The van der Waals surface area contributed by atoms with Gasteiger partial charge in [0.1, 0.15) is 12.2 Å². The Labute approximate surface area is 360 Å². The summed E-state index contributed by atoms with van der Waals surface area (Å²) in [5.74, 6) is -0.131. The number of methoxy groups -OCH3 is 1. The van der Waals surface area contributed by atoms with E-state index in [-0.39, 0.29) is 42.7 Å². The second kappa shape index (κ2) is 24.1. The average molecular weight is 867 g/mol. The van der Waals surface area contributed by atoms with Crippen LogP contribution in [0.4, 0.5) is 0 Å². The van der Waals surface area contributed by atoms with Gasteiger partial charge in [0.25, 0.3) is 0 Å². The number of carbonyl (C=O) groups is 1. The highest BCUT2D eigenvalue weighted by molar-refractivity contribution is 6.74. The van der Waals surface area contributed by atoms with Crippen LogP contribution in [0.25, 0.3) is 0 Å². The smallest absolute Gasteiger partial charge is 0.308 e. The van der Waals surface area contributed by atoms with E-state index < -0.39 is 48.4 Å². The molecule has 58 heavy (non-hydrogen) atoms. The van der Waals surface area contributed by atoms with E-state index in [2.05, 4.69) is 101 Å². The molecule has 0 amide bonds. The zero-order chi connectivity index (χ0) is 44.0. The van der Waals surface area contributed by atoms with Crippen molar-refractivity contribution in [1.82, 2.24) is 0 Å². The van der Waals surface area contributed by atoms with Crippen molar-refractivity contribution in [2.45, 2.75) is 238 Å². The molecule has 1 fully saturated rings. The van der Waals surface area contributed by atoms with Gasteiger partial charge in [0.15, 0.2) is 25.0 Å². The summed E-state index contributed by atoms with van der Waals surface area (Å²) in [5.41, 5.74) is -0.403. The molecule has 8 nitrogen and oxygen atoms in total. The molecule has 2 rings (SSSR count). The van der Waals surface area contributed by atoms with E-state index in [0.717, 1.165) is 72.8 Å². The molecule has 0 radical (unpaired) electrons. The minimum atomic E-state index is -2.02. The fraction of sp³-hybridized carbons (Fsp3) is 0.851. The molecule has 1 N–H and O–H groups in total. The summed E-state index contributed by atoms with van der Waals surface area (Å²) in [5, 5.41) is 11.4. The fourth-order valence-electron chi connectivity index (χ4n) is 9.33. The van der Waals surface area contributed by atoms with Crippen LogP contribution in [0, 0.1) is 11.8 Å². The van der Waals surface area contributed by atoms with Crippen molar-refractivity contribution < 1.29 is 37.4 Å². The second-order valence-electron chi connectivity index (χ2n) is 18.3. The van der Waals surface area contributed by atoms with Gasteiger partial charge in [-0.05, 0) is 100 Å². The van der Waals surface area contributed by atoms with Crippen LogP contribution in [0.3, 0.4) is 0 Å². The van der Waals surface area contributed by atoms with Gasteiger partial charge in [-0.15, -0.1) is 0 Å². The number of cyclic esters (lactones) is 1. The highest BCUT2D eigenvalue weighted by Crippen LogP contribution is 2.42. The second-order valence-corrected chi connectivity index (χ2v) is 32.4. The summed E-state index contributed by atoms with van der Waals surface area (Å²) < 4.78 is 40.1. The number of rotatable bonds is 24. The van der Waals surface area contributed by atoms with Gasteiger partial charge in [-0.1, -0.05) is 113 Å². The third-order valence-electron chi connectivity index (χ3n) is 14.8. The number of esters is 1. The molecule has 2 heterocycles. The fourth-order valence-corrected chi connectivity index (χ4v) is 18.3. The maximum Gasteiger partial charge on any atom is 0.308 e. The number of carbonyl (C=O) groups excluding carboxylic acids is 1. The molecule has 0 aromatic rings. The lowest BCUT2D eigenvalue weighted by Crippen LogP contribution is -2.46. The molecule has 338 valence electrons. The number of epoxide rings is 1. The zero-order valence-corrected chi connectivity index (χ0v) is 43.2. The van der Waals surface area contributed by atoms with E-state index in [9.17, 15) is 9.90 Å². The maximum atomic E-state index is 13.8. The molecule has 0 aromatic carbocycles. The van der Waals surface area contributed by atoms with Crippen LogP contribution in [0.2, 0.25) is 54.4 Å². The van der Waals surface area contributed by atoms with Gasteiger partial charge in [0.05, 0.1) is 35.9 Å². The maximum absolute atomic E-state index is 13.8. The van der Waals surface area contributed by atoms with Gasteiger partial charge in [0.2, 0.25) is 0 Å². The minimum absolute atomic E-state index is 0.109. The zero-order valence-electron chi connectivity index (χ0n) is 40.2. The Bertz CT molecular complexity index is 1290. The molecule has 10 atom stereocenters. The van der Waals surface area contributed by atoms with Crippen molar-refractivity contribution in [3.63, 3.8) is 0 Å². The first-order valence-electron chi connectivity index (χ1n) is 23.5. The number of allylic oxidation sites excluding steroid dienone is 2.